The van der Waals surface area contributed by atoms with Crippen LogP contribution in [0.15, 0.2) is 18.5 Å². The lowest BCUT2D eigenvalue weighted by atomic mass is 9.83. The Bertz CT molecular complexity index is 727. The number of ether oxygens (including phenoxy) is 1. The maximum atomic E-state index is 12.6. The number of hydrogen-bond acceptors (Lipinski definition) is 6. The van der Waals surface area contributed by atoms with Crippen molar-refractivity contribution in [3.63, 3.8) is 0 Å². The molecule has 7 nitrogen and oxygen atoms in total. The van der Waals surface area contributed by atoms with Crippen LogP contribution in [0.25, 0.3) is 0 Å². The molecule has 2 aliphatic heterocycles. The monoisotopic (exact) mass is 351 g/mol. The molecular weight excluding hydrogens is 330 g/mol. The summed E-state index contributed by atoms with van der Waals surface area (Å²) >= 11 is 0. The summed E-state index contributed by atoms with van der Waals surface area (Å²) in [7, 11) is -3.20. The van der Waals surface area contributed by atoms with Crippen LogP contribution in [0, 0.1) is 11.8 Å². The van der Waals surface area contributed by atoms with Crippen LogP contribution >= 0.6 is 0 Å². The van der Waals surface area contributed by atoms with Gasteiger partial charge < -0.3 is 9.64 Å². The molecule has 3 heterocycles. The quantitative estimate of drug-likeness (QED) is 0.775. The summed E-state index contributed by atoms with van der Waals surface area (Å²) in [5.74, 6) is 0.664. The SMILES string of the molecule is O=C(CC1CC1)N1CC2(C1)[C@H](COc1ncccn1)CCS2(=O)=O. The summed E-state index contributed by atoms with van der Waals surface area (Å²) in [6.07, 6.45) is 6.55. The van der Waals surface area contributed by atoms with Crippen LogP contribution in [0.3, 0.4) is 0 Å². The molecule has 0 aromatic carbocycles. The highest BCUT2D eigenvalue weighted by Gasteiger charge is 2.62. The summed E-state index contributed by atoms with van der Waals surface area (Å²) in [6, 6.07) is 1.96. The summed E-state index contributed by atoms with van der Waals surface area (Å²) in [6.45, 7) is 0.892. The lowest BCUT2D eigenvalue weighted by molar-refractivity contribution is -0.138. The molecule has 3 aliphatic rings. The van der Waals surface area contributed by atoms with Gasteiger partial charge in [-0.2, -0.15) is 0 Å². The number of aromatic nitrogens is 2. The maximum Gasteiger partial charge on any atom is 0.316 e. The van der Waals surface area contributed by atoms with E-state index in [4.69, 9.17) is 4.74 Å². The van der Waals surface area contributed by atoms with E-state index in [0.717, 1.165) is 12.8 Å². The van der Waals surface area contributed by atoms with Crippen LogP contribution in [0.5, 0.6) is 6.01 Å². The molecule has 1 spiro atoms. The third-order valence-corrected chi connectivity index (χ3v) is 8.09. The Morgan fingerprint density at radius 3 is 2.62 bits per heavy atom. The van der Waals surface area contributed by atoms with Crippen LogP contribution in [-0.2, 0) is 14.6 Å². The Hall–Kier alpha value is -1.70. The van der Waals surface area contributed by atoms with Gasteiger partial charge in [-0.25, -0.2) is 18.4 Å². The van der Waals surface area contributed by atoms with Gasteiger partial charge in [0, 0.05) is 37.8 Å². The minimum atomic E-state index is -3.20. The molecule has 1 atom stereocenters. The number of amides is 1. The topological polar surface area (TPSA) is 89.5 Å². The lowest BCUT2D eigenvalue weighted by Gasteiger charge is -2.49. The maximum absolute atomic E-state index is 12.6. The second-order valence-corrected chi connectivity index (χ2v) is 9.56. The number of likely N-dealkylation sites (tertiary alicyclic amines) is 1. The van der Waals surface area contributed by atoms with Crippen molar-refractivity contribution in [1.82, 2.24) is 14.9 Å². The standard InChI is InChI=1S/C16H21N3O4S/c20-14(8-12-2-3-12)19-10-16(11-19)13(4-7-24(16,21)22)9-23-15-17-5-1-6-18-15/h1,5-6,12-13H,2-4,7-11H2/t13-/m0/s1. The Morgan fingerprint density at radius 2 is 1.96 bits per heavy atom. The van der Waals surface area contributed by atoms with E-state index in [1.807, 2.05) is 0 Å². The van der Waals surface area contributed by atoms with E-state index < -0.39 is 14.6 Å². The zero-order valence-electron chi connectivity index (χ0n) is 13.4. The number of carbonyl (C=O) groups excluding carboxylic acids is 1. The van der Waals surface area contributed by atoms with Gasteiger partial charge in [-0.1, -0.05) is 0 Å². The van der Waals surface area contributed by atoms with Crippen LogP contribution in [-0.4, -0.2) is 59.4 Å². The van der Waals surface area contributed by atoms with Gasteiger partial charge in [-0.3, -0.25) is 4.79 Å². The summed E-state index contributed by atoms with van der Waals surface area (Å²) in [5, 5.41) is 0. The fourth-order valence-corrected chi connectivity index (χ4v) is 6.12. The minimum absolute atomic E-state index is 0.0938. The Balaban J connectivity index is 1.42. The minimum Gasteiger partial charge on any atom is -0.463 e. The fraction of sp³-hybridized carbons (Fsp3) is 0.688. The molecule has 1 saturated carbocycles. The van der Waals surface area contributed by atoms with E-state index in [2.05, 4.69) is 9.97 Å². The number of sulfone groups is 1. The Labute approximate surface area is 141 Å². The molecule has 1 amide bonds. The van der Waals surface area contributed by atoms with Gasteiger partial charge in [0.2, 0.25) is 5.91 Å². The number of hydrogen-bond donors (Lipinski definition) is 0. The molecular formula is C16H21N3O4S. The van der Waals surface area contributed by atoms with Crippen LogP contribution in [0.1, 0.15) is 25.7 Å². The van der Waals surface area contributed by atoms with Crippen molar-refractivity contribution < 1.29 is 17.9 Å². The number of rotatable bonds is 5. The molecule has 2 saturated heterocycles. The smallest absolute Gasteiger partial charge is 0.316 e. The van der Waals surface area contributed by atoms with Gasteiger partial charge in [-0.15, -0.1) is 0 Å². The second kappa shape index (κ2) is 5.68. The van der Waals surface area contributed by atoms with Crippen molar-refractivity contribution in [3.05, 3.63) is 18.5 Å². The van der Waals surface area contributed by atoms with Crippen molar-refractivity contribution in [2.24, 2.45) is 11.8 Å². The van der Waals surface area contributed by atoms with E-state index in [1.54, 1.807) is 23.4 Å². The highest BCUT2D eigenvalue weighted by atomic mass is 32.2. The van der Waals surface area contributed by atoms with E-state index in [0.29, 0.717) is 31.8 Å². The van der Waals surface area contributed by atoms with E-state index in [-0.39, 0.29) is 30.2 Å². The van der Waals surface area contributed by atoms with Crippen molar-refractivity contribution in [2.45, 2.75) is 30.4 Å². The average molecular weight is 351 g/mol. The fourth-order valence-electron chi connectivity index (χ4n) is 3.72. The molecule has 1 aromatic heterocycles. The van der Waals surface area contributed by atoms with E-state index in [1.165, 1.54) is 0 Å². The van der Waals surface area contributed by atoms with Crippen molar-refractivity contribution in [3.8, 4) is 6.01 Å². The van der Waals surface area contributed by atoms with Gasteiger partial charge >= 0.3 is 6.01 Å². The van der Waals surface area contributed by atoms with Gasteiger partial charge in [0.15, 0.2) is 9.84 Å². The zero-order valence-corrected chi connectivity index (χ0v) is 14.2. The van der Waals surface area contributed by atoms with Crippen molar-refractivity contribution >= 4 is 15.7 Å². The first-order valence-electron chi connectivity index (χ1n) is 8.40. The van der Waals surface area contributed by atoms with E-state index in [9.17, 15) is 13.2 Å². The average Bonchev–Trinajstić information content (AvgIpc) is 3.28. The summed E-state index contributed by atoms with van der Waals surface area (Å²) < 4.78 is 29.9. The largest absolute Gasteiger partial charge is 0.463 e. The van der Waals surface area contributed by atoms with Gasteiger partial charge in [0.25, 0.3) is 0 Å². The highest BCUT2D eigenvalue weighted by molar-refractivity contribution is 7.93. The van der Waals surface area contributed by atoms with Crippen LogP contribution in [0.2, 0.25) is 0 Å². The molecule has 1 aliphatic carbocycles. The normalized spacial score (nSPS) is 27.0. The summed E-state index contributed by atoms with van der Waals surface area (Å²) in [5.41, 5.74) is 0. The van der Waals surface area contributed by atoms with E-state index >= 15 is 0 Å². The molecule has 0 unspecified atom stereocenters. The predicted molar refractivity (Wildman–Crippen MR) is 86.1 cm³/mol. The number of carbonyl (C=O) groups is 1. The first-order chi connectivity index (χ1) is 11.5. The molecule has 0 bridgehead atoms. The third kappa shape index (κ3) is 2.66. The highest BCUT2D eigenvalue weighted by Crippen LogP contribution is 2.45. The molecule has 24 heavy (non-hydrogen) atoms. The van der Waals surface area contributed by atoms with Gasteiger partial charge in [0.1, 0.15) is 4.75 Å². The molecule has 4 rings (SSSR count). The van der Waals surface area contributed by atoms with Gasteiger partial charge in [0.05, 0.1) is 12.4 Å². The van der Waals surface area contributed by atoms with Gasteiger partial charge in [-0.05, 0) is 31.2 Å². The third-order valence-electron chi connectivity index (χ3n) is 5.48. The second-order valence-electron chi connectivity index (χ2n) is 7.11. The van der Waals surface area contributed by atoms with Crippen LogP contribution in [0.4, 0.5) is 0 Å². The summed E-state index contributed by atoms with van der Waals surface area (Å²) in [4.78, 5) is 21.9. The number of nitrogens with zero attached hydrogens (tertiary/aromatic N) is 3. The van der Waals surface area contributed by atoms with Crippen LogP contribution < -0.4 is 4.74 Å². The zero-order chi connectivity index (χ0) is 16.8. The Kier molecular flexibility index (Phi) is 3.74. The Morgan fingerprint density at radius 1 is 1.25 bits per heavy atom. The molecule has 130 valence electrons. The first-order valence-corrected chi connectivity index (χ1v) is 10.1. The predicted octanol–water partition coefficient (Wildman–Crippen LogP) is 0.671. The molecule has 8 heteroatoms. The molecule has 1 aromatic rings. The molecule has 3 fully saturated rings. The molecule has 0 N–H and O–H groups in total. The van der Waals surface area contributed by atoms with Crippen molar-refractivity contribution in [1.29, 1.82) is 0 Å². The first kappa shape index (κ1) is 15.8. The molecule has 0 radical (unpaired) electrons. The lowest BCUT2D eigenvalue weighted by Crippen LogP contribution is -2.69. The van der Waals surface area contributed by atoms with Crippen molar-refractivity contribution in [2.75, 3.05) is 25.4 Å².